The van der Waals surface area contributed by atoms with E-state index in [9.17, 15) is 4.79 Å². The highest BCUT2D eigenvalue weighted by Gasteiger charge is 2.29. The van der Waals surface area contributed by atoms with Crippen molar-refractivity contribution >= 4 is 16.7 Å². The van der Waals surface area contributed by atoms with Gasteiger partial charge in [-0.05, 0) is 29.8 Å². The van der Waals surface area contributed by atoms with Crippen LogP contribution in [0.2, 0.25) is 0 Å². The van der Waals surface area contributed by atoms with Crippen molar-refractivity contribution in [2.24, 2.45) is 7.05 Å². The van der Waals surface area contributed by atoms with Crippen molar-refractivity contribution in [2.45, 2.75) is 12.5 Å². The molecule has 25 heavy (non-hydrogen) atoms. The van der Waals surface area contributed by atoms with Crippen LogP contribution in [0.3, 0.4) is 0 Å². The van der Waals surface area contributed by atoms with E-state index >= 15 is 0 Å². The molecule has 0 bridgehead atoms. The van der Waals surface area contributed by atoms with Gasteiger partial charge in [0, 0.05) is 41.7 Å². The summed E-state index contributed by atoms with van der Waals surface area (Å²) in [7, 11) is 2.01. The van der Waals surface area contributed by atoms with Crippen LogP contribution in [0.15, 0.2) is 67.3 Å². The van der Waals surface area contributed by atoms with Crippen molar-refractivity contribution < 1.29 is 4.79 Å². The van der Waals surface area contributed by atoms with Crippen molar-refractivity contribution in [3.8, 4) is 11.3 Å². The summed E-state index contributed by atoms with van der Waals surface area (Å²) in [6.07, 6.45) is 6.16. The summed E-state index contributed by atoms with van der Waals surface area (Å²) >= 11 is 0. The topological polar surface area (TPSA) is 39.8 Å². The van der Waals surface area contributed by atoms with Crippen LogP contribution < -0.4 is 0 Å². The number of carbonyl (C=O) groups excluding carboxylic acids is 1. The Hall–Kier alpha value is -3.14. The third kappa shape index (κ3) is 2.07. The summed E-state index contributed by atoms with van der Waals surface area (Å²) < 4.78 is 4.18. The highest BCUT2D eigenvalue weighted by molar-refractivity contribution is 6.00. The fourth-order valence-electron chi connectivity index (χ4n) is 3.89. The van der Waals surface area contributed by atoms with Crippen molar-refractivity contribution in [1.29, 1.82) is 0 Å². The Kier molecular flexibility index (Phi) is 2.95. The molecule has 0 aliphatic carbocycles. The Labute approximate surface area is 145 Å². The molecule has 0 radical (unpaired) electrons. The first-order valence-electron chi connectivity index (χ1n) is 8.42. The van der Waals surface area contributed by atoms with Crippen LogP contribution >= 0.6 is 0 Å². The van der Waals surface area contributed by atoms with Gasteiger partial charge < -0.3 is 9.13 Å². The van der Waals surface area contributed by atoms with E-state index in [0.29, 0.717) is 6.42 Å². The van der Waals surface area contributed by atoms with E-state index in [1.807, 2.05) is 62.2 Å². The van der Waals surface area contributed by atoms with Gasteiger partial charge in [0.25, 0.3) is 0 Å². The van der Waals surface area contributed by atoms with Gasteiger partial charge in [0.2, 0.25) is 0 Å². The standard InChI is InChI=1S/C21H17N3O/c1-23-9-8-14-10-15(6-7-18(14)23)21(25)11-19-16-4-2-3-5-17(16)20-12-22-13-24(19)20/h2-10,12-13,19H,11H2,1H3. The second kappa shape index (κ2) is 5.18. The highest BCUT2D eigenvalue weighted by Crippen LogP contribution is 2.41. The predicted octanol–water partition coefficient (Wildman–Crippen LogP) is 4.22. The molecule has 1 aliphatic heterocycles. The van der Waals surface area contributed by atoms with Crippen LogP contribution in [-0.4, -0.2) is 19.9 Å². The molecule has 4 aromatic rings. The van der Waals surface area contributed by atoms with E-state index in [1.165, 1.54) is 11.1 Å². The van der Waals surface area contributed by atoms with E-state index in [-0.39, 0.29) is 11.8 Å². The van der Waals surface area contributed by atoms with Crippen LogP contribution in [0.1, 0.15) is 28.4 Å². The number of aryl methyl sites for hydroxylation is 1. The van der Waals surface area contributed by atoms with Gasteiger partial charge in [-0.2, -0.15) is 0 Å². The minimum absolute atomic E-state index is 0.0210. The van der Waals surface area contributed by atoms with Crippen LogP contribution in [0.5, 0.6) is 0 Å². The number of aromatic nitrogens is 3. The average Bonchev–Trinajstić information content (AvgIpc) is 3.32. The van der Waals surface area contributed by atoms with Gasteiger partial charge in [0.1, 0.15) is 0 Å². The number of ketones is 1. The number of hydrogen-bond donors (Lipinski definition) is 0. The Bertz CT molecular complexity index is 1120. The van der Waals surface area contributed by atoms with Gasteiger partial charge >= 0.3 is 0 Å². The van der Waals surface area contributed by atoms with Gasteiger partial charge in [0.05, 0.1) is 24.3 Å². The summed E-state index contributed by atoms with van der Waals surface area (Å²) in [6, 6.07) is 16.3. The monoisotopic (exact) mass is 327 g/mol. The van der Waals surface area contributed by atoms with E-state index in [0.717, 1.165) is 22.2 Å². The Morgan fingerprint density at radius 1 is 1.16 bits per heavy atom. The summed E-state index contributed by atoms with van der Waals surface area (Å²) in [5.41, 5.74) is 5.38. The average molecular weight is 327 g/mol. The van der Waals surface area contributed by atoms with Gasteiger partial charge in [-0.3, -0.25) is 4.79 Å². The molecule has 2 aromatic carbocycles. The molecule has 1 atom stereocenters. The molecule has 1 unspecified atom stereocenters. The Balaban J connectivity index is 1.51. The molecule has 0 N–H and O–H groups in total. The van der Waals surface area contributed by atoms with Crippen LogP contribution in [-0.2, 0) is 7.05 Å². The number of carbonyl (C=O) groups is 1. The smallest absolute Gasteiger partial charge is 0.165 e. The maximum absolute atomic E-state index is 13.0. The second-order valence-electron chi connectivity index (χ2n) is 6.62. The lowest BCUT2D eigenvalue weighted by Gasteiger charge is -2.14. The molecule has 122 valence electrons. The second-order valence-corrected chi connectivity index (χ2v) is 6.62. The summed E-state index contributed by atoms with van der Waals surface area (Å²) in [5, 5.41) is 1.10. The van der Waals surface area contributed by atoms with Crippen molar-refractivity contribution in [3.05, 3.63) is 78.4 Å². The molecule has 0 amide bonds. The number of hydrogen-bond acceptors (Lipinski definition) is 2. The zero-order chi connectivity index (χ0) is 17.0. The maximum atomic E-state index is 13.0. The summed E-state index contributed by atoms with van der Waals surface area (Å²) in [4.78, 5) is 17.2. The Morgan fingerprint density at radius 3 is 2.96 bits per heavy atom. The lowest BCUT2D eigenvalue weighted by Crippen LogP contribution is -2.11. The zero-order valence-electron chi connectivity index (χ0n) is 13.9. The van der Waals surface area contributed by atoms with Crippen molar-refractivity contribution in [2.75, 3.05) is 0 Å². The third-order valence-corrected chi connectivity index (χ3v) is 5.18. The van der Waals surface area contributed by atoms with Gasteiger partial charge in [-0.1, -0.05) is 24.3 Å². The van der Waals surface area contributed by atoms with Crippen molar-refractivity contribution in [1.82, 2.24) is 14.1 Å². The number of nitrogens with zero attached hydrogens (tertiary/aromatic N) is 3. The minimum atomic E-state index is 0.0210. The molecule has 0 spiro atoms. The van der Waals surface area contributed by atoms with Gasteiger partial charge in [-0.25, -0.2) is 4.98 Å². The first-order valence-corrected chi connectivity index (χ1v) is 8.42. The van der Waals surface area contributed by atoms with Crippen LogP contribution in [0.25, 0.3) is 22.2 Å². The minimum Gasteiger partial charge on any atom is -0.351 e. The fraction of sp³-hybridized carbons (Fsp3) is 0.143. The molecular weight excluding hydrogens is 310 g/mol. The first kappa shape index (κ1) is 14.2. The molecular formula is C21H17N3O. The van der Waals surface area contributed by atoms with Gasteiger partial charge in [0.15, 0.2) is 5.78 Å². The molecule has 4 nitrogen and oxygen atoms in total. The lowest BCUT2D eigenvalue weighted by atomic mass is 9.96. The molecule has 3 heterocycles. The number of fused-ring (bicyclic) bond motifs is 4. The molecule has 1 aliphatic rings. The Morgan fingerprint density at radius 2 is 2.04 bits per heavy atom. The third-order valence-electron chi connectivity index (χ3n) is 5.18. The number of imidazole rings is 1. The fourth-order valence-corrected chi connectivity index (χ4v) is 3.89. The molecule has 4 heteroatoms. The maximum Gasteiger partial charge on any atom is 0.165 e. The van der Waals surface area contributed by atoms with E-state index in [2.05, 4.69) is 26.3 Å². The highest BCUT2D eigenvalue weighted by atomic mass is 16.1. The van der Waals surface area contributed by atoms with Crippen molar-refractivity contribution in [3.63, 3.8) is 0 Å². The normalized spacial score (nSPS) is 15.3. The molecule has 0 saturated carbocycles. The molecule has 0 saturated heterocycles. The van der Waals surface area contributed by atoms with E-state index in [4.69, 9.17) is 0 Å². The number of benzene rings is 2. The van der Waals surface area contributed by atoms with Crippen LogP contribution in [0, 0.1) is 0 Å². The molecule has 5 rings (SSSR count). The molecule has 2 aromatic heterocycles. The zero-order valence-corrected chi connectivity index (χ0v) is 13.9. The first-order chi connectivity index (χ1) is 12.2. The number of Topliss-reactive ketones (excluding diaryl/α,β-unsaturated/α-hetero) is 1. The summed E-state index contributed by atoms with van der Waals surface area (Å²) in [5.74, 6) is 0.159. The summed E-state index contributed by atoms with van der Waals surface area (Å²) in [6.45, 7) is 0. The van der Waals surface area contributed by atoms with Crippen LogP contribution in [0.4, 0.5) is 0 Å². The van der Waals surface area contributed by atoms with E-state index < -0.39 is 0 Å². The SMILES string of the molecule is Cn1ccc2cc(C(=O)CC3c4ccccc4-c4cncn43)ccc21. The lowest BCUT2D eigenvalue weighted by molar-refractivity contribution is 0.0970. The largest absolute Gasteiger partial charge is 0.351 e. The molecule has 0 fully saturated rings. The van der Waals surface area contributed by atoms with Gasteiger partial charge in [-0.15, -0.1) is 0 Å². The number of rotatable bonds is 3. The quantitative estimate of drug-likeness (QED) is 0.529. The predicted molar refractivity (Wildman–Crippen MR) is 97.7 cm³/mol. The van der Waals surface area contributed by atoms with E-state index in [1.54, 1.807) is 0 Å².